The van der Waals surface area contributed by atoms with Gasteiger partial charge in [-0.05, 0) is 24.1 Å². The Balaban J connectivity index is 2.06. The summed E-state index contributed by atoms with van der Waals surface area (Å²) in [5, 5.41) is 0. The highest BCUT2D eigenvalue weighted by Crippen LogP contribution is 2.12. The van der Waals surface area contributed by atoms with Crippen molar-refractivity contribution in [2.45, 2.75) is 6.42 Å². The van der Waals surface area contributed by atoms with Crippen LogP contribution >= 0.6 is 0 Å². The molecule has 0 saturated heterocycles. The van der Waals surface area contributed by atoms with Gasteiger partial charge >= 0.3 is 6.03 Å². The Kier molecular flexibility index (Phi) is 2.76. The highest BCUT2D eigenvalue weighted by Gasteiger charge is 2.04. The van der Waals surface area contributed by atoms with E-state index in [2.05, 4.69) is 9.97 Å². The van der Waals surface area contributed by atoms with Crippen molar-refractivity contribution in [2.24, 2.45) is 5.73 Å². The van der Waals surface area contributed by atoms with Crippen molar-refractivity contribution < 1.29 is 4.79 Å². The van der Waals surface area contributed by atoms with Crippen molar-refractivity contribution in [3.63, 3.8) is 0 Å². The number of hydrogen-bond acceptors (Lipinski definition) is 2. The van der Waals surface area contributed by atoms with Crippen LogP contribution in [0.5, 0.6) is 0 Å². The standard InChI is InChI=1S/C11H14N4O/c1-15(11(12)16)5-4-8-2-3-9-10(6-8)14-7-13-9/h2-3,6-7H,4-5H2,1H3,(H2,12,16)(H,13,14). The molecule has 84 valence electrons. The number of carbonyl (C=O) groups excluding carboxylic acids is 1. The molecule has 2 rings (SSSR count). The average molecular weight is 218 g/mol. The van der Waals surface area contributed by atoms with Crippen molar-refractivity contribution in [2.75, 3.05) is 13.6 Å². The lowest BCUT2D eigenvalue weighted by Gasteiger charge is -2.13. The van der Waals surface area contributed by atoms with Gasteiger partial charge in [0.2, 0.25) is 0 Å². The Labute approximate surface area is 93.3 Å². The molecule has 1 aromatic heterocycles. The first-order valence-electron chi connectivity index (χ1n) is 5.09. The van der Waals surface area contributed by atoms with Crippen LogP contribution in [0, 0.1) is 0 Å². The maximum atomic E-state index is 10.8. The fourth-order valence-electron chi connectivity index (χ4n) is 1.55. The zero-order valence-electron chi connectivity index (χ0n) is 9.10. The molecule has 5 nitrogen and oxygen atoms in total. The monoisotopic (exact) mass is 218 g/mol. The molecule has 2 aromatic rings. The maximum absolute atomic E-state index is 10.8. The first-order valence-corrected chi connectivity index (χ1v) is 5.09. The molecule has 0 radical (unpaired) electrons. The van der Waals surface area contributed by atoms with Gasteiger partial charge in [0.1, 0.15) is 0 Å². The molecular formula is C11H14N4O. The first kappa shape index (κ1) is 10.5. The van der Waals surface area contributed by atoms with Gasteiger partial charge in [0, 0.05) is 13.6 Å². The van der Waals surface area contributed by atoms with Gasteiger partial charge in [-0.15, -0.1) is 0 Å². The lowest BCUT2D eigenvalue weighted by atomic mass is 10.1. The molecule has 1 heterocycles. The smallest absolute Gasteiger partial charge is 0.314 e. The summed E-state index contributed by atoms with van der Waals surface area (Å²) in [5.41, 5.74) is 8.27. The molecule has 0 aliphatic carbocycles. The fraction of sp³-hybridized carbons (Fsp3) is 0.273. The molecule has 1 aromatic carbocycles. The molecule has 0 aliphatic heterocycles. The first-order chi connectivity index (χ1) is 7.66. The largest absolute Gasteiger partial charge is 0.351 e. The number of urea groups is 1. The Morgan fingerprint density at radius 3 is 3.12 bits per heavy atom. The second-order valence-corrected chi connectivity index (χ2v) is 3.76. The van der Waals surface area contributed by atoms with Crippen LogP contribution < -0.4 is 5.73 Å². The summed E-state index contributed by atoms with van der Waals surface area (Å²) < 4.78 is 0. The highest BCUT2D eigenvalue weighted by atomic mass is 16.2. The Morgan fingerprint density at radius 1 is 1.56 bits per heavy atom. The maximum Gasteiger partial charge on any atom is 0.314 e. The number of aromatic amines is 1. The Morgan fingerprint density at radius 2 is 2.38 bits per heavy atom. The molecule has 0 unspecified atom stereocenters. The number of H-pyrrole nitrogens is 1. The molecule has 2 amide bonds. The van der Waals surface area contributed by atoms with Crippen LogP contribution in [-0.4, -0.2) is 34.5 Å². The van der Waals surface area contributed by atoms with Gasteiger partial charge < -0.3 is 15.6 Å². The van der Waals surface area contributed by atoms with E-state index in [0.29, 0.717) is 6.54 Å². The molecule has 0 spiro atoms. The second kappa shape index (κ2) is 4.22. The number of aromatic nitrogens is 2. The van der Waals surface area contributed by atoms with Crippen LogP contribution in [0.4, 0.5) is 4.79 Å². The predicted octanol–water partition coefficient (Wildman–Crippen LogP) is 1.12. The van der Waals surface area contributed by atoms with E-state index in [1.807, 2.05) is 18.2 Å². The molecule has 0 atom stereocenters. The average Bonchev–Trinajstić information content (AvgIpc) is 2.72. The fourth-order valence-corrected chi connectivity index (χ4v) is 1.55. The molecule has 0 bridgehead atoms. The summed E-state index contributed by atoms with van der Waals surface area (Å²) in [5.74, 6) is 0. The van der Waals surface area contributed by atoms with Gasteiger partial charge in [-0.25, -0.2) is 9.78 Å². The van der Waals surface area contributed by atoms with Gasteiger partial charge in [-0.3, -0.25) is 0 Å². The quantitative estimate of drug-likeness (QED) is 0.809. The minimum absolute atomic E-state index is 0.400. The topological polar surface area (TPSA) is 75.0 Å². The van der Waals surface area contributed by atoms with Crippen LogP contribution in [0.1, 0.15) is 5.56 Å². The van der Waals surface area contributed by atoms with Gasteiger partial charge in [0.25, 0.3) is 0 Å². The number of fused-ring (bicyclic) bond motifs is 1. The summed E-state index contributed by atoms with van der Waals surface area (Å²) in [6.07, 6.45) is 2.46. The minimum atomic E-state index is -0.400. The number of amides is 2. The van der Waals surface area contributed by atoms with Crippen LogP contribution in [0.15, 0.2) is 24.5 Å². The number of rotatable bonds is 3. The van der Waals surface area contributed by atoms with E-state index < -0.39 is 6.03 Å². The minimum Gasteiger partial charge on any atom is -0.351 e. The van der Waals surface area contributed by atoms with E-state index in [-0.39, 0.29) is 0 Å². The SMILES string of the molecule is CN(CCc1ccc2nc[nH]c2c1)C(N)=O. The van der Waals surface area contributed by atoms with E-state index in [4.69, 9.17) is 5.73 Å². The number of likely N-dealkylation sites (N-methyl/N-ethyl adjacent to an activating group) is 1. The highest BCUT2D eigenvalue weighted by molar-refractivity contribution is 5.75. The molecule has 0 fully saturated rings. The van der Waals surface area contributed by atoms with Crippen LogP contribution in [0.25, 0.3) is 11.0 Å². The number of nitrogens with two attached hydrogens (primary N) is 1. The second-order valence-electron chi connectivity index (χ2n) is 3.76. The predicted molar refractivity (Wildman–Crippen MR) is 62.0 cm³/mol. The van der Waals surface area contributed by atoms with Gasteiger partial charge in [0.15, 0.2) is 0 Å². The Hall–Kier alpha value is -2.04. The lowest BCUT2D eigenvalue weighted by Crippen LogP contribution is -2.33. The number of imidazole rings is 1. The summed E-state index contributed by atoms with van der Waals surface area (Å²) in [6.45, 7) is 0.620. The zero-order valence-corrected chi connectivity index (χ0v) is 9.10. The van der Waals surface area contributed by atoms with Crippen molar-refractivity contribution in [3.05, 3.63) is 30.1 Å². The third-order valence-corrected chi connectivity index (χ3v) is 2.60. The third-order valence-electron chi connectivity index (χ3n) is 2.60. The number of nitrogens with zero attached hydrogens (tertiary/aromatic N) is 2. The number of primary amides is 1. The van der Waals surface area contributed by atoms with E-state index in [1.54, 1.807) is 13.4 Å². The van der Waals surface area contributed by atoms with E-state index in [9.17, 15) is 4.79 Å². The molecule has 3 N–H and O–H groups in total. The van der Waals surface area contributed by atoms with E-state index >= 15 is 0 Å². The molecule has 0 saturated carbocycles. The van der Waals surface area contributed by atoms with Gasteiger partial charge in [-0.1, -0.05) is 6.07 Å². The summed E-state index contributed by atoms with van der Waals surface area (Å²) >= 11 is 0. The zero-order chi connectivity index (χ0) is 11.5. The summed E-state index contributed by atoms with van der Waals surface area (Å²) in [4.78, 5) is 19.5. The number of nitrogens with one attached hydrogen (secondary N) is 1. The van der Waals surface area contributed by atoms with Crippen molar-refractivity contribution in [3.8, 4) is 0 Å². The number of carbonyl (C=O) groups is 1. The van der Waals surface area contributed by atoms with Crippen LogP contribution in [0.3, 0.4) is 0 Å². The summed E-state index contributed by atoms with van der Waals surface area (Å²) in [6, 6.07) is 5.61. The molecular weight excluding hydrogens is 204 g/mol. The van der Waals surface area contributed by atoms with Crippen molar-refractivity contribution >= 4 is 17.1 Å². The van der Waals surface area contributed by atoms with Crippen LogP contribution in [0.2, 0.25) is 0 Å². The molecule has 5 heteroatoms. The van der Waals surface area contributed by atoms with E-state index in [1.165, 1.54) is 4.90 Å². The molecule has 0 aliphatic rings. The van der Waals surface area contributed by atoms with Crippen LogP contribution in [-0.2, 0) is 6.42 Å². The summed E-state index contributed by atoms with van der Waals surface area (Å²) in [7, 11) is 1.69. The van der Waals surface area contributed by atoms with Gasteiger partial charge in [0.05, 0.1) is 17.4 Å². The molecule has 16 heavy (non-hydrogen) atoms. The van der Waals surface area contributed by atoms with Gasteiger partial charge in [-0.2, -0.15) is 0 Å². The third kappa shape index (κ3) is 2.13. The normalized spacial score (nSPS) is 10.6. The lowest BCUT2D eigenvalue weighted by molar-refractivity contribution is 0.219. The van der Waals surface area contributed by atoms with E-state index in [0.717, 1.165) is 23.0 Å². The van der Waals surface area contributed by atoms with Crippen molar-refractivity contribution in [1.29, 1.82) is 0 Å². The number of hydrogen-bond donors (Lipinski definition) is 2. The number of benzene rings is 1. The van der Waals surface area contributed by atoms with Crippen molar-refractivity contribution in [1.82, 2.24) is 14.9 Å². The Bertz CT molecular complexity index is 505.